The number of aryl methyl sites for hydroxylation is 2. The van der Waals surface area contributed by atoms with E-state index in [-0.39, 0.29) is 25.7 Å². The number of fused-ring (bicyclic) bond motifs is 9. The van der Waals surface area contributed by atoms with Gasteiger partial charge in [0.2, 0.25) is 0 Å². The molecule has 5 heteroatoms. The fourth-order valence-corrected chi connectivity index (χ4v) is 5.78. The Labute approximate surface area is 277 Å². The van der Waals surface area contributed by atoms with Gasteiger partial charge in [-0.25, -0.2) is 0 Å². The number of pyridine rings is 2. The first-order chi connectivity index (χ1) is 22.8. The van der Waals surface area contributed by atoms with Crippen molar-refractivity contribution in [3.8, 4) is 22.5 Å². The van der Waals surface area contributed by atoms with Crippen LogP contribution in [0, 0.1) is 25.9 Å². The molecule has 5 aromatic carbocycles. The van der Waals surface area contributed by atoms with Gasteiger partial charge in [0.25, 0.3) is 0 Å². The summed E-state index contributed by atoms with van der Waals surface area (Å²) in [4.78, 5) is 8.64. The Morgan fingerprint density at radius 2 is 1.29 bits per heavy atom. The quantitative estimate of drug-likeness (QED) is 0.165. The molecular weight excluding hydrogens is 733 g/mol. The van der Waals surface area contributed by atoms with E-state index in [0.29, 0.717) is 16.8 Å². The molecule has 0 aliphatic carbocycles. The van der Waals surface area contributed by atoms with Crippen molar-refractivity contribution in [2.24, 2.45) is 0 Å². The first-order valence-electron chi connectivity index (χ1n) is 15.8. The summed E-state index contributed by atoms with van der Waals surface area (Å²) in [6.07, 6.45) is 3.30. The number of benzene rings is 5. The summed E-state index contributed by atoms with van der Waals surface area (Å²) in [6.45, 7) is -0.161. The molecule has 0 amide bonds. The van der Waals surface area contributed by atoms with Crippen LogP contribution in [-0.2, 0) is 20.1 Å². The maximum absolute atomic E-state index is 7.75. The SMILES string of the molecule is [2H]C([2H])([2H])c1ccnc(-c2[c-]ccc3c2oc2c3ccc3c2ccc2c4ccc(C)cc4oc23)c1.[Ir].[c-]1ccccc1-c1ccccn1. The Morgan fingerprint density at radius 3 is 2.02 bits per heavy atom. The molecule has 0 N–H and O–H groups in total. The van der Waals surface area contributed by atoms with Crippen molar-refractivity contribution in [1.82, 2.24) is 9.97 Å². The zero-order valence-corrected chi connectivity index (χ0v) is 26.5. The van der Waals surface area contributed by atoms with E-state index in [2.05, 4.69) is 71.5 Å². The van der Waals surface area contributed by atoms with Crippen LogP contribution in [-0.4, -0.2) is 9.97 Å². The van der Waals surface area contributed by atoms with E-state index in [4.69, 9.17) is 12.9 Å². The fraction of sp³-hybridized carbons (Fsp3) is 0.0500. The Bertz CT molecular complexity index is 2540. The molecule has 0 aliphatic rings. The third kappa shape index (κ3) is 5.10. The van der Waals surface area contributed by atoms with Gasteiger partial charge in [0.1, 0.15) is 16.7 Å². The van der Waals surface area contributed by atoms with E-state index in [0.717, 1.165) is 65.9 Å². The van der Waals surface area contributed by atoms with E-state index in [9.17, 15) is 0 Å². The van der Waals surface area contributed by atoms with E-state index in [1.165, 1.54) is 12.3 Å². The minimum Gasteiger partial charge on any atom is -0.500 e. The third-order valence-corrected chi connectivity index (χ3v) is 7.85. The molecule has 0 unspecified atom stereocenters. The van der Waals surface area contributed by atoms with Crippen LogP contribution in [0.5, 0.6) is 0 Å². The van der Waals surface area contributed by atoms with Gasteiger partial charge < -0.3 is 18.8 Å². The van der Waals surface area contributed by atoms with E-state index >= 15 is 0 Å². The van der Waals surface area contributed by atoms with Gasteiger partial charge >= 0.3 is 0 Å². The predicted molar refractivity (Wildman–Crippen MR) is 179 cm³/mol. The summed E-state index contributed by atoms with van der Waals surface area (Å²) >= 11 is 0. The molecule has 0 fully saturated rings. The van der Waals surface area contributed by atoms with Crippen LogP contribution < -0.4 is 0 Å². The smallest absolute Gasteiger partial charge is 0.143 e. The second-order valence-electron chi connectivity index (χ2n) is 10.7. The normalized spacial score (nSPS) is 12.4. The van der Waals surface area contributed by atoms with Gasteiger partial charge in [0, 0.05) is 63.5 Å². The maximum Gasteiger partial charge on any atom is 0.143 e. The molecule has 219 valence electrons. The van der Waals surface area contributed by atoms with Crippen molar-refractivity contribution in [2.45, 2.75) is 13.8 Å². The van der Waals surface area contributed by atoms with Gasteiger partial charge in [0.05, 0.1) is 5.58 Å². The van der Waals surface area contributed by atoms with Crippen LogP contribution in [0.3, 0.4) is 0 Å². The molecule has 45 heavy (non-hydrogen) atoms. The first-order valence-corrected chi connectivity index (χ1v) is 14.3. The van der Waals surface area contributed by atoms with Crippen LogP contribution >= 0.6 is 0 Å². The maximum atomic E-state index is 7.75. The van der Waals surface area contributed by atoms with Crippen molar-refractivity contribution >= 4 is 54.6 Å². The average molecular weight is 762 g/mol. The molecule has 0 saturated heterocycles. The second kappa shape index (κ2) is 11.8. The molecule has 4 heterocycles. The molecule has 0 spiro atoms. The summed E-state index contributed by atoms with van der Waals surface area (Å²) in [7, 11) is 0. The van der Waals surface area contributed by atoms with E-state index < -0.39 is 6.85 Å². The number of hydrogen-bond acceptors (Lipinski definition) is 4. The van der Waals surface area contributed by atoms with Crippen LogP contribution in [0.4, 0.5) is 0 Å². The standard InChI is InChI=1S/C29H18NO2.C11H8N.Ir/c1-16-6-7-18-20-8-9-23-22(27(20)31-26(18)15-16)11-10-21-19-4-3-5-24(29(19)32-28(21)23)25-14-17(2)12-13-30-25;1-2-6-10(7-3-1)11-8-4-5-9-12-11;/h3-4,6-15H,1-2H3;1-6,8-9H;/q2*-1;/i2D3;;. The zero-order valence-electron chi connectivity index (χ0n) is 27.1. The van der Waals surface area contributed by atoms with Gasteiger partial charge in [-0.05, 0) is 67.1 Å². The third-order valence-electron chi connectivity index (χ3n) is 7.85. The number of rotatable bonds is 2. The molecule has 0 saturated carbocycles. The van der Waals surface area contributed by atoms with Crippen molar-refractivity contribution in [1.29, 1.82) is 0 Å². The van der Waals surface area contributed by atoms with Crippen LogP contribution in [0.1, 0.15) is 15.2 Å². The van der Waals surface area contributed by atoms with E-state index in [1.54, 1.807) is 12.3 Å². The summed E-state index contributed by atoms with van der Waals surface area (Å²) in [5.74, 6) is 0. The Hall–Kier alpha value is -5.09. The van der Waals surface area contributed by atoms with Crippen molar-refractivity contribution in [3.63, 3.8) is 0 Å². The fourth-order valence-electron chi connectivity index (χ4n) is 5.78. The number of hydrogen-bond donors (Lipinski definition) is 0. The minimum absolute atomic E-state index is 0. The van der Waals surface area contributed by atoms with Crippen LogP contribution in [0.2, 0.25) is 0 Å². The van der Waals surface area contributed by atoms with Gasteiger partial charge in [-0.3, -0.25) is 0 Å². The average Bonchev–Trinajstić information content (AvgIpc) is 3.67. The first kappa shape index (κ1) is 25.3. The van der Waals surface area contributed by atoms with Gasteiger partial charge in [-0.15, -0.1) is 54.1 Å². The molecule has 4 nitrogen and oxygen atoms in total. The second-order valence-corrected chi connectivity index (χ2v) is 10.7. The predicted octanol–water partition coefficient (Wildman–Crippen LogP) is 10.7. The van der Waals surface area contributed by atoms with Crippen molar-refractivity contribution < 1.29 is 33.1 Å². The number of nitrogens with zero attached hydrogens (tertiary/aromatic N) is 2. The van der Waals surface area contributed by atoms with Gasteiger partial charge in [-0.1, -0.05) is 52.9 Å². The Balaban J connectivity index is 0.000000237. The molecule has 9 rings (SSSR count). The monoisotopic (exact) mass is 762 g/mol. The summed E-state index contributed by atoms with van der Waals surface area (Å²) < 4.78 is 36.0. The minimum atomic E-state index is -2.22. The van der Waals surface area contributed by atoms with Crippen molar-refractivity contribution in [3.05, 3.63) is 145 Å². The molecule has 1 radical (unpaired) electrons. The molecule has 9 aromatic rings. The largest absolute Gasteiger partial charge is 0.500 e. The summed E-state index contributed by atoms with van der Waals surface area (Å²) in [5, 5.41) is 6.00. The van der Waals surface area contributed by atoms with E-state index in [1.807, 2.05) is 54.6 Å². The molecule has 4 aromatic heterocycles. The molecule has 0 bridgehead atoms. The zero-order chi connectivity index (χ0) is 32.1. The van der Waals surface area contributed by atoms with Gasteiger partial charge in [-0.2, -0.15) is 0 Å². The Morgan fingerprint density at radius 1 is 0.578 bits per heavy atom. The van der Waals surface area contributed by atoms with Gasteiger partial charge in [0.15, 0.2) is 0 Å². The summed E-state index contributed by atoms with van der Waals surface area (Å²) in [6, 6.07) is 41.5. The Kier molecular flexibility index (Phi) is 6.61. The summed E-state index contributed by atoms with van der Waals surface area (Å²) in [5.41, 5.74) is 7.64. The van der Waals surface area contributed by atoms with Crippen LogP contribution in [0.15, 0.2) is 130 Å². The molecular formula is C40H26IrN2O2-2. The topological polar surface area (TPSA) is 52.1 Å². The van der Waals surface area contributed by atoms with Crippen molar-refractivity contribution in [2.75, 3.05) is 0 Å². The van der Waals surface area contributed by atoms with Crippen LogP contribution in [0.25, 0.3) is 77.2 Å². The number of aromatic nitrogens is 2. The molecule has 0 atom stereocenters. The molecule has 0 aliphatic heterocycles. The number of furan rings is 2.